The molecule has 3 N–H and O–H groups in total. The lowest BCUT2D eigenvalue weighted by Crippen LogP contribution is -2.27. The Morgan fingerprint density at radius 1 is 1.09 bits per heavy atom. The summed E-state index contributed by atoms with van der Waals surface area (Å²) in [5.74, 6) is 0. The number of hydrogen-bond donors (Lipinski definition) is 2. The van der Waals surface area contributed by atoms with Crippen LogP contribution in [0.1, 0.15) is 20.8 Å². The fourth-order valence-electron chi connectivity index (χ4n) is 1.90. The van der Waals surface area contributed by atoms with E-state index in [4.69, 9.17) is 9.88 Å². The Morgan fingerprint density at radius 2 is 1.73 bits per heavy atom. The lowest BCUT2D eigenvalue weighted by Gasteiger charge is -2.19. The van der Waals surface area contributed by atoms with Crippen molar-refractivity contribution in [3.05, 3.63) is 36.4 Å². The Morgan fingerprint density at radius 3 is 2.32 bits per heavy atom. The summed E-state index contributed by atoms with van der Waals surface area (Å²) in [6.07, 6.45) is -0.575. The molecule has 6 nitrogen and oxygen atoms in total. The first-order valence-corrected chi connectivity index (χ1v) is 8.16. The van der Waals surface area contributed by atoms with Crippen molar-refractivity contribution in [2.75, 3.05) is 5.32 Å². The summed E-state index contributed by atoms with van der Waals surface area (Å²) in [5, 5.41) is 9.21. The maximum Gasteiger partial charge on any atom is 0.412 e. The Hall–Kier alpha value is -2.12. The van der Waals surface area contributed by atoms with Crippen LogP contribution in [0.2, 0.25) is 0 Å². The zero-order chi connectivity index (χ0) is 16.5. The van der Waals surface area contributed by atoms with Crippen LogP contribution in [-0.2, 0) is 14.8 Å². The predicted octanol–water partition coefficient (Wildman–Crippen LogP) is 2.83. The van der Waals surface area contributed by atoms with E-state index in [0.717, 1.165) is 5.39 Å². The van der Waals surface area contributed by atoms with Crippen molar-refractivity contribution in [3.8, 4) is 0 Å². The van der Waals surface area contributed by atoms with Crippen LogP contribution in [-0.4, -0.2) is 20.1 Å². The number of benzene rings is 2. The summed E-state index contributed by atoms with van der Waals surface area (Å²) in [7, 11) is -3.77. The van der Waals surface area contributed by atoms with Gasteiger partial charge in [0, 0.05) is 5.69 Å². The zero-order valence-corrected chi connectivity index (χ0v) is 13.4. The predicted molar refractivity (Wildman–Crippen MR) is 85.2 cm³/mol. The van der Waals surface area contributed by atoms with E-state index in [1.807, 2.05) is 0 Å². The maximum atomic E-state index is 11.7. The molecule has 0 saturated heterocycles. The first-order valence-electron chi connectivity index (χ1n) is 6.61. The third-order valence-corrected chi connectivity index (χ3v) is 3.70. The van der Waals surface area contributed by atoms with E-state index < -0.39 is 21.7 Å². The molecule has 0 spiro atoms. The van der Waals surface area contributed by atoms with Crippen LogP contribution < -0.4 is 10.5 Å². The van der Waals surface area contributed by atoms with Gasteiger partial charge >= 0.3 is 6.09 Å². The SMILES string of the molecule is CC(C)(C)OC(=O)Nc1ccc2ccc(S(N)(=O)=O)cc2c1. The van der Waals surface area contributed by atoms with E-state index in [1.54, 1.807) is 45.0 Å². The van der Waals surface area contributed by atoms with Crippen LogP contribution in [0.25, 0.3) is 10.8 Å². The lowest BCUT2D eigenvalue weighted by molar-refractivity contribution is 0.0636. The fourth-order valence-corrected chi connectivity index (χ4v) is 2.45. The summed E-state index contributed by atoms with van der Waals surface area (Å²) < 4.78 is 27.9. The number of rotatable bonds is 2. The molecule has 118 valence electrons. The molecule has 0 aliphatic carbocycles. The Bertz CT molecular complexity index is 823. The summed E-state index contributed by atoms with van der Waals surface area (Å²) in [6, 6.07) is 9.71. The second-order valence-corrected chi connectivity index (χ2v) is 7.46. The minimum absolute atomic E-state index is 0.0226. The maximum absolute atomic E-state index is 11.7. The average molecular weight is 322 g/mol. The Balaban J connectivity index is 2.31. The minimum atomic E-state index is -3.77. The normalized spacial score (nSPS) is 12.2. The van der Waals surface area contributed by atoms with Gasteiger partial charge in [0.25, 0.3) is 0 Å². The highest BCUT2D eigenvalue weighted by molar-refractivity contribution is 7.89. The summed E-state index contributed by atoms with van der Waals surface area (Å²) >= 11 is 0. The van der Waals surface area contributed by atoms with E-state index in [9.17, 15) is 13.2 Å². The van der Waals surface area contributed by atoms with Gasteiger partial charge in [-0.25, -0.2) is 18.4 Å². The molecule has 2 aromatic rings. The number of nitrogens with one attached hydrogen (secondary N) is 1. The monoisotopic (exact) mass is 322 g/mol. The summed E-state index contributed by atoms with van der Waals surface area (Å²) in [4.78, 5) is 11.8. The van der Waals surface area contributed by atoms with Crippen molar-refractivity contribution in [2.24, 2.45) is 5.14 Å². The van der Waals surface area contributed by atoms with E-state index >= 15 is 0 Å². The molecule has 1 amide bonds. The Labute approximate surface area is 129 Å². The lowest BCUT2D eigenvalue weighted by atomic mass is 10.1. The van der Waals surface area contributed by atoms with Gasteiger partial charge in [0.1, 0.15) is 5.60 Å². The van der Waals surface area contributed by atoms with Crippen LogP contribution in [0.5, 0.6) is 0 Å². The molecule has 0 aromatic heterocycles. The summed E-state index contributed by atoms with van der Waals surface area (Å²) in [6.45, 7) is 5.31. The third kappa shape index (κ3) is 4.19. The van der Waals surface area contributed by atoms with Gasteiger partial charge in [-0.05, 0) is 55.8 Å². The number of fused-ring (bicyclic) bond motifs is 1. The molecule has 0 saturated carbocycles. The quantitative estimate of drug-likeness (QED) is 0.888. The molecule has 0 aliphatic rings. The number of nitrogens with two attached hydrogens (primary N) is 1. The van der Waals surface area contributed by atoms with E-state index in [0.29, 0.717) is 11.1 Å². The number of hydrogen-bond acceptors (Lipinski definition) is 4. The van der Waals surface area contributed by atoms with Gasteiger partial charge < -0.3 is 4.74 Å². The molecule has 0 atom stereocenters. The van der Waals surface area contributed by atoms with Crippen molar-refractivity contribution in [2.45, 2.75) is 31.3 Å². The highest BCUT2D eigenvalue weighted by Gasteiger charge is 2.16. The number of amides is 1. The van der Waals surface area contributed by atoms with Crippen molar-refractivity contribution >= 4 is 32.6 Å². The fraction of sp³-hybridized carbons (Fsp3) is 0.267. The van der Waals surface area contributed by atoms with Crippen LogP contribution in [0.3, 0.4) is 0 Å². The molecule has 0 bridgehead atoms. The van der Waals surface area contributed by atoms with Crippen LogP contribution in [0.4, 0.5) is 10.5 Å². The number of sulfonamides is 1. The third-order valence-electron chi connectivity index (χ3n) is 2.79. The molecule has 0 unspecified atom stereocenters. The van der Waals surface area contributed by atoms with Crippen molar-refractivity contribution in [1.82, 2.24) is 0 Å². The van der Waals surface area contributed by atoms with Crippen LogP contribution in [0, 0.1) is 0 Å². The van der Waals surface area contributed by atoms with Crippen molar-refractivity contribution in [1.29, 1.82) is 0 Å². The molecule has 0 heterocycles. The highest BCUT2D eigenvalue weighted by Crippen LogP contribution is 2.22. The van der Waals surface area contributed by atoms with Gasteiger partial charge in [0.15, 0.2) is 0 Å². The van der Waals surface area contributed by atoms with Gasteiger partial charge in [-0.3, -0.25) is 5.32 Å². The van der Waals surface area contributed by atoms with Gasteiger partial charge in [-0.15, -0.1) is 0 Å². The first kappa shape index (κ1) is 16.3. The number of carbonyl (C=O) groups excluding carboxylic acids is 1. The first-order chi connectivity index (χ1) is 10.0. The van der Waals surface area contributed by atoms with Crippen molar-refractivity contribution < 1.29 is 17.9 Å². The molecule has 0 fully saturated rings. The van der Waals surface area contributed by atoms with Gasteiger partial charge in [-0.1, -0.05) is 12.1 Å². The number of ether oxygens (including phenoxy) is 1. The van der Waals surface area contributed by atoms with Gasteiger partial charge in [0.05, 0.1) is 4.90 Å². The zero-order valence-electron chi connectivity index (χ0n) is 12.6. The second-order valence-electron chi connectivity index (χ2n) is 5.90. The van der Waals surface area contributed by atoms with Gasteiger partial charge in [-0.2, -0.15) is 0 Å². The molecular formula is C15H18N2O4S. The standard InChI is InChI=1S/C15H18N2O4S/c1-15(2,3)21-14(18)17-12-6-4-10-5-7-13(22(16,19)20)9-11(10)8-12/h4-9H,1-3H3,(H,17,18)(H2,16,19,20). The minimum Gasteiger partial charge on any atom is -0.444 e. The van der Waals surface area contributed by atoms with Crippen LogP contribution in [0.15, 0.2) is 41.3 Å². The average Bonchev–Trinajstić information content (AvgIpc) is 2.34. The smallest absolute Gasteiger partial charge is 0.412 e. The van der Waals surface area contributed by atoms with E-state index in [1.165, 1.54) is 12.1 Å². The van der Waals surface area contributed by atoms with E-state index in [-0.39, 0.29) is 4.90 Å². The molecule has 0 aliphatic heterocycles. The molecular weight excluding hydrogens is 304 g/mol. The number of primary sulfonamides is 1. The second kappa shape index (κ2) is 5.58. The largest absolute Gasteiger partial charge is 0.444 e. The Kier molecular flexibility index (Phi) is 4.12. The molecule has 22 heavy (non-hydrogen) atoms. The topological polar surface area (TPSA) is 98.5 Å². The molecule has 2 aromatic carbocycles. The van der Waals surface area contributed by atoms with Gasteiger partial charge in [0.2, 0.25) is 10.0 Å². The summed E-state index contributed by atoms with van der Waals surface area (Å²) in [5.41, 5.74) is -0.0878. The van der Waals surface area contributed by atoms with Crippen LogP contribution >= 0.6 is 0 Å². The molecule has 7 heteroatoms. The molecule has 0 radical (unpaired) electrons. The molecule has 2 rings (SSSR count). The number of anilines is 1. The van der Waals surface area contributed by atoms with E-state index in [2.05, 4.69) is 5.32 Å². The van der Waals surface area contributed by atoms with Crippen molar-refractivity contribution in [3.63, 3.8) is 0 Å². The number of carbonyl (C=O) groups is 1. The highest BCUT2D eigenvalue weighted by atomic mass is 32.2.